The zero-order valence-corrected chi connectivity index (χ0v) is 30.8. The van der Waals surface area contributed by atoms with Gasteiger partial charge in [-0.05, 0) is 70.6 Å². The Kier molecular flexibility index (Phi) is 31.7. The largest absolute Gasteiger partial charge is 0.469 e. The van der Waals surface area contributed by atoms with Crippen LogP contribution in [0, 0.1) is 0 Å². The van der Waals surface area contributed by atoms with Gasteiger partial charge in [0.1, 0.15) is 6.61 Å². The van der Waals surface area contributed by atoms with E-state index in [1.54, 1.807) is 6.08 Å². The van der Waals surface area contributed by atoms with Crippen LogP contribution < -0.4 is 0 Å². The minimum absolute atomic E-state index is 0.128. The molecule has 0 aromatic rings. The van der Waals surface area contributed by atoms with E-state index >= 15 is 0 Å². The van der Waals surface area contributed by atoms with Crippen molar-refractivity contribution < 1.29 is 43.0 Å². The molecule has 0 saturated heterocycles. The van der Waals surface area contributed by atoms with Crippen molar-refractivity contribution in [3.05, 3.63) is 85.1 Å². The van der Waals surface area contributed by atoms with Gasteiger partial charge in [0, 0.05) is 12.8 Å². The maximum absolute atomic E-state index is 12.4. The summed E-state index contributed by atoms with van der Waals surface area (Å²) < 4.78 is 26.2. The van der Waals surface area contributed by atoms with Crippen molar-refractivity contribution in [2.75, 3.05) is 13.2 Å². The van der Waals surface area contributed by atoms with Crippen molar-refractivity contribution in [1.82, 2.24) is 0 Å². The molecule has 0 radical (unpaired) electrons. The normalized spacial score (nSPS) is 14.1. The average molecular weight is 707 g/mol. The van der Waals surface area contributed by atoms with Crippen molar-refractivity contribution >= 4 is 19.8 Å². The van der Waals surface area contributed by atoms with Crippen molar-refractivity contribution in [1.29, 1.82) is 0 Å². The fraction of sp³-hybridized carbons (Fsp3) is 0.590. The predicted molar refractivity (Wildman–Crippen MR) is 199 cm³/mol. The number of aliphatic hydroxyl groups excluding tert-OH is 1. The van der Waals surface area contributed by atoms with Crippen molar-refractivity contribution in [3.8, 4) is 0 Å². The molecule has 0 aliphatic rings. The van der Waals surface area contributed by atoms with Crippen LogP contribution in [0.3, 0.4) is 0 Å². The summed E-state index contributed by atoms with van der Waals surface area (Å²) in [6.45, 7) is 3.29. The Morgan fingerprint density at radius 3 is 1.80 bits per heavy atom. The lowest BCUT2D eigenvalue weighted by molar-refractivity contribution is -0.161. The van der Waals surface area contributed by atoms with Crippen molar-refractivity contribution in [2.24, 2.45) is 0 Å². The number of unbranched alkanes of at least 4 members (excludes halogenated alkanes) is 6. The monoisotopic (exact) mass is 706 g/mol. The summed E-state index contributed by atoms with van der Waals surface area (Å²) in [6.07, 6.45) is 40.4. The van der Waals surface area contributed by atoms with Gasteiger partial charge in [0.2, 0.25) is 0 Å². The number of phosphoric acid groups is 1. The summed E-state index contributed by atoms with van der Waals surface area (Å²) in [6, 6.07) is 0. The Bertz CT molecular complexity index is 1080. The number of ether oxygens (including phenoxy) is 2. The Hall–Kier alpha value is -2.81. The second kappa shape index (κ2) is 33.7. The maximum atomic E-state index is 12.4. The number of aliphatic hydroxyl groups is 1. The van der Waals surface area contributed by atoms with Gasteiger partial charge in [-0.15, -0.1) is 0 Å². The molecule has 0 bridgehead atoms. The van der Waals surface area contributed by atoms with E-state index in [1.165, 1.54) is 0 Å². The zero-order valence-electron chi connectivity index (χ0n) is 29.9. The summed E-state index contributed by atoms with van der Waals surface area (Å²) in [5.74, 6) is -1.02. The molecule has 0 saturated carbocycles. The van der Waals surface area contributed by atoms with Crippen LogP contribution in [0.4, 0.5) is 0 Å². The van der Waals surface area contributed by atoms with Crippen LogP contribution in [-0.2, 0) is 28.2 Å². The molecule has 3 N–H and O–H groups in total. The van der Waals surface area contributed by atoms with Crippen molar-refractivity contribution in [2.45, 2.75) is 135 Å². The standard InChI is InChI=1S/C39H63O9P/c1-3-5-7-9-11-12-13-14-15-16-17-18-20-24-28-32-38(41)46-34-37(35-47-49(43,44)45)48-39(42)33-29-25-21-23-27-31-36(40)30-26-22-19-10-8-6-4-2/h5-8,11-12,14-15,17-19,22,26,30,36-37,40H,3-4,9-10,13,16,20-21,23-25,27-29,31-35H2,1-2H3,(H2,43,44,45)/b7-5-,8-6+,12-11-,15-14-,18-17-,22-19+,30-26+/t36?,37-/m1/s1. The lowest BCUT2D eigenvalue weighted by Gasteiger charge is -2.18. The Morgan fingerprint density at radius 2 is 1.16 bits per heavy atom. The van der Waals surface area contributed by atoms with Gasteiger partial charge in [-0.3, -0.25) is 14.1 Å². The molecular weight excluding hydrogens is 643 g/mol. The molecule has 1 unspecified atom stereocenters. The number of hydrogen-bond donors (Lipinski definition) is 3. The van der Waals surface area contributed by atoms with Gasteiger partial charge in [-0.1, -0.05) is 125 Å². The smallest absolute Gasteiger partial charge is 0.462 e. The molecule has 0 amide bonds. The first-order chi connectivity index (χ1) is 23.7. The summed E-state index contributed by atoms with van der Waals surface area (Å²) in [4.78, 5) is 42.7. The highest BCUT2D eigenvalue weighted by atomic mass is 31.2. The van der Waals surface area contributed by atoms with E-state index < -0.39 is 38.6 Å². The first kappa shape index (κ1) is 46.2. The minimum Gasteiger partial charge on any atom is -0.462 e. The lowest BCUT2D eigenvalue weighted by Crippen LogP contribution is -2.29. The first-order valence-electron chi connectivity index (χ1n) is 18.0. The highest BCUT2D eigenvalue weighted by molar-refractivity contribution is 7.46. The van der Waals surface area contributed by atoms with Crippen LogP contribution in [0.15, 0.2) is 85.1 Å². The van der Waals surface area contributed by atoms with E-state index in [2.05, 4.69) is 79.1 Å². The van der Waals surface area contributed by atoms with Crippen LogP contribution >= 0.6 is 7.82 Å². The Labute approximate surface area is 295 Å². The second-order valence-electron chi connectivity index (χ2n) is 11.6. The third-order valence-electron chi connectivity index (χ3n) is 7.01. The number of carbonyl (C=O) groups excluding carboxylic acids is 2. The Morgan fingerprint density at radius 1 is 0.633 bits per heavy atom. The van der Waals surface area contributed by atoms with Crippen LogP contribution in [-0.4, -0.2) is 52.3 Å². The number of esters is 2. The van der Waals surface area contributed by atoms with Gasteiger partial charge >= 0.3 is 19.8 Å². The minimum atomic E-state index is -4.79. The average Bonchev–Trinajstić information content (AvgIpc) is 3.06. The zero-order chi connectivity index (χ0) is 36.3. The molecule has 0 heterocycles. The first-order valence-corrected chi connectivity index (χ1v) is 19.5. The predicted octanol–water partition coefficient (Wildman–Crippen LogP) is 9.48. The summed E-state index contributed by atoms with van der Waals surface area (Å²) in [7, 11) is -4.79. The lowest BCUT2D eigenvalue weighted by atomic mass is 10.1. The van der Waals surface area contributed by atoms with Crippen LogP contribution in [0.2, 0.25) is 0 Å². The molecule has 0 aliphatic heterocycles. The molecule has 0 rings (SSSR count). The summed E-state index contributed by atoms with van der Waals surface area (Å²) in [5, 5.41) is 10.1. The van der Waals surface area contributed by atoms with Gasteiger partial charge < -0.3 is 24.4 Å². The molecular formula is C39H63O9P. The fourth-order valence-electron chi connectivity index (χ4n) is 4.37. The number of allylic oxidation sites excluding steroid dienone is 13. The van der Waals surface area contributed by atoms with Gasteiger partial charge in [0.15, 0.2) is 6.10 Å². The van der Waals surface area contributed by atoms with Gasteiger partial charge in [0.05, 0.1) is 12.7 Å². The molecule has 0 aromatic carbocycles. The van der Waals surface area contributed by atoms with Crippen LogP contribution in [0.25, 0.3) is 0 Å². The van der Waals surface area contributed by atoms with E-state index in [0.717, 1.165) is 77.0 Å². The van der Waals surface area contributed by atoms with E-state index in [1.807, 2.05) is 18.2 Å². The molecule has 0 aromatic heterocycles. The van der Waals surface area contributed by atoms with Crippen LogP contribution in [0.1, 0.15) is 123 Å². The third kappa shape index (κ3) is 36.3. The molecule has 2 atom stereocenters. The van der Waals surface area contributed by atoms with Crippen molar-refractivity contribution in [3.63, 3.8) is 0 Å². The van der Waals surface area contributed by atoms with E-state index in [0.29, 0.717) is 19.3 Å². The third-order valence-corrected chi connectivity index (χ3v) is 7.50. The number of phosphoric ester groups is 1. The van der Waals surface area contributed by atoms with E-state index in [-0.39, 0.29) is 19.4 Å². The van der Waals surface area contributed by atoms with E-state index in [9.17, 15) is 19.3 Å². The molecule has 49 heavy (non-hydrogen) atoms. The maximum Gasteiger partial charge on any atom is 0.469 e. The Balaban J connectivity index is 4.18. The number of carbonyl (C=O) groups is 2. The molecule has 10 heteroatoms. The highest BCUT2D eigenvalue weighted by Crippen LogP contribution is 2.35. The van der Waals surface area contributed by atoms with Crippen LogP contribution in [0.5, 0.6) is 0 Å². The quantitative estimate of drug-likeness (QED) is 0.0211. The number of hydrogen-bond acceptors (Lipinski definition) is 7. The molecule has 0 fully saturated rings. The second-order valence-corrected chi connectivity index (χ2v) is 12.9. The van der Waals surface area contributed by atoms with Gasteiger partial charge in [-0.2, -0.15) is 0 Å². The van der Waals surface area contributed by atoms with Gasteiger partial charge in [-0.25, -0.2) is 4.57 Å². The van der Waals surface area contributed by atoms with E-state index in [4.69, 9.17) is 19.3 Å². The molecule has 278 valence electrons. The SMILES string of the molecule is CC/C=C\C/C=C\C/C=C\C/C=C\CCCCC(=O)OC[C@H](COP(=O)(O)O)OC(=O)CCCCCCCC(O)/C=C/C=C/C/C=C/CC. The number of rotatable bonds is 31. The summed E-state index contributed by atoms with van der Waals surface area (Å²) in [5.41, 5.74) is 0. The summed E-state index contributed by atoms with van der Waals surface area (Å²) >= 11 is 0. The van der Waals surface area contributed by atoms with Gasteiger partial charge in [0.25, 0.3) is 0 Å². The fourth-order valence-corrected chi connectivity index (χ4v) is 4.73. The highest BCUT2D eigenvalue weighted by Gasteiger charge is 2.22. The molecule has 9 nitrogen and oxygen atoms in total. The molecule has 0 spiro atoms. The molecule has 0 aliphatic carbocycles. The topological polar surface area (TPSA) is 140 Å².